The van der Waals surface area contributed by atoms with E-state index in [0.717, 1.165) is 5.56 Å². The van der Waals surface area contributed by atoms with Crippen LogP contribution in [-0.2, 0) is 16.1 Å². The fourth-order valence-electron chi connectivity index (χ4n) is 1.57. The number of amides is 2. The van der Waals surface area contributed by atoms with Gasteiger partial charge in [-0.05, 0) is 17.7 Å². The van der Waals surface area contributed by atoms with E-state index in [1.807, 2.05) is 12.1 Å². The highest BCUT2D eigenvalue weighted by Crippen LogP contribution is 2.04. The van der Waals surface area contributed by atoms with Crippen molar-refractivity contribution in [1.29, 1.82) is 0 Å². The Morgan fingerprint density at radius 2 is 2.11 bits per heavy atom. The van der Waals surface area contributed by atoms with Gasteiger partial charge in [-0.15, -0.1) is 6.58 Å². The van der Waals surface area contributed by atoms with Crippen molar-refractivity contribution in [3.8, 4) is 0 Å². The molecule has 0 aliphatic rings. The van der Waals surface area contributed by atoms with Crippen LogP contribution in [0, 0.1) is 0 Å². The van der Waals surface area contributed by atoms with Crippen LogP contribution in [0.25, 0.3) is 0 Å². The van der Waals surface area contributed by atoms with Gasteiger partial charge in [0.1, 0.15) is 0 Å². The van der Waals surface area contributed by atoms with Crippen LogP contribution in [0.2, 0.25) is 0 Å². The van der Waals surface area contributed by atoms with Crippen molar-refractivity contribution in [3.63, 3.8) is 0 Å². The average Bonchev–Trinajstić information content (AvgIpc) is 2.41. The number of hydrogen-bond donors (Lipinski definition) is 1. The molecule has 0 aliphatic heterocycles. The van der Waals surface area contributed by atoms with Gasteiger partial charge in [0.2, 0.25) is 11.8 Å². The first-order valence-corrected chi connectivity index (χ1v) is 6.15. The molecule has 0 saturated heterocycles. The van der Waals surface area contributed by atoms with E-state index in [1.165, 1.54) is 6.92 Å². The third-order valence-corrected chi connectivity index (χ3v) is 2.62. The number of nitrogens with zero attached hydrogens (tertiary/aromatic N) is 2. The predicted molar refractivity (Wildman–Crippen MR) is 73.2 cm³/mol. The maximum atomic E-state index is 11.5. The summed E-state index contributed by atoms with van der Waals surface area (Å²) in [6.07, 6.45) is 5.28. The van der Waals surface area contributed by atoms with E-state index in [2.05, 4.69) is 16.9 Å². The largest absolute Gasteiger partial charge is 0.353 e. The number of carbonyl (C=O) groups is 2. The minimum Gasteiger partial charge on any atom is -0.353 e. The molecule has 0 radical (unpaired) electrons. The number of rotatable bonds is 7. The lowest BCUT2D eigenvalue weighted by Gasteiger charge is -2.20. The highest BCUT2D eigenvalue weighted by molar-refractivity contribution is 5.78. The molecule has 1 heterocycles. The molecule has 0 aromatic carbocycles. The van der Waals surface area contributed by atoms with E-state index in [0.29, 0.717) is 26.1 Å². The molecule has 1 N–H and O–H groups in total. The topological polar surface area (TPSA) is 62.3 Å². The molecule has 1 rings (SSSR count). The first-order chi connectivity index (χ1) is 9.13. The molecule has 0 unspecified atom stereocenters. The molecular weight excluding hydrogens is 242 g/mol. The molecule has 0 fully saturated rings. The summed E-state index contributed by atoms with van der Waals surface area (Å²) in [6.45, 7) is 6.37. The van der Waals surface area contributed by atoms with Gasteiger partial charge in [0.15, 0.2) is 0 Å². The van der Waals surface area contributed by atoms with Crippen LogP contribution < -0.4 is 5.32 Å². The second-order valence-electron chi connectivity index (χ2n) is 4.14. The van der Waals surface area contributed by atoms with E-state index >= 15 is 0 Å². The molecule has 0 spiro atoms. The minimum atomic E-state index is -0.0825. The summed E-state index contributed by atoms with van der Waals surface area (Å²) in [7, 11) is 0. The van der Waals surface area contributed by atoms with Gasteiger partial charge in [-0.1, -0.05) is 6.08 Å². The molecule has 1 aromatic heterocycles. The van der Waals surface area contributed by atoms with Crippen molar-refractivity contribution in [2.45, 2.75) is 19.9 Å². The van der Waals surface area contributed by atoms with Crippen LogP contribution in [0.4, 0.5) is 0 Å². The summed E-state index contributed by atoms with van der Waals surface area (Å²) in [5, 5.41) is 2.69. The van der Waals surface area contributed by atoms with Crippen LogP contribution in [0.15, 0.2) is 37.2 Å². The Bertz CT molecular complexity index is 432. The smallest absolute Gasteiger partial charge is 0.222 e. The van der Waals surface area contributed by atoms with Crippen molar-refractivity contribution < 1.29 is 9.59 Å². The van der Waals surface area contributed by atoms with Gasteiger partial charge < -0.3 is 10.2 Å². The van der Waals surface area contributed by atoms with Gasteiger partial charge in [0, 0.05) is 45.4 Å². The fourth-order valence-corrected chi connectivity index (χ4v) is 1.57. The zero-order valence-electron chi connectivity index (χ0n) is 11.1. The van der Waals surface area contributed by atoms with Gasteiger partial charge in [0.25, 0.3) is 0 Å². The Morgan fingerprint density at radius 3 is 2.68 bits per heavy atom. The lowest BCUT2D eigenvalue weighted by molar-refractivity contribution is -0.130. The van der Waals surface area contributed by atoms with E-state index in [-0.39, 0.29) is 11.8 Å². The predicted octanol–water partition coefficient (Wildman–Crippen LogP) is 1.12. The zero-order chi connectivity index (χ0) is 14.1. The van der Waals surface area contributed by atoms with Crippen molar-refractivity contribution in [2.75, 3.05) is 13.1 Å². The zero-order valence-corrected chi connectivity index (χ0v) is 11.1. The first-order valence-electron chi connectivity index (χ1n) is 6.15. The second kappa shape index (κ2) is 8.02. The summed E-state index contributed by atoms with van der Waals surface area (Å²) in [5.74, 6) is -0.130. The van der Waals surface area contributed by atoms with Crippen molar-refractivity contribution in [2.24, 2.45) is 0 Å². The molecule has 0 atom stereocenters. The molecule has 5 heteroatoms. The lowest BCUT2D eigenvalue weighted by atomic mass is 10.2. The van der Waals surface area contributed by atoms with Gasteiger partial charge in [-0.2, -0.15) is 0 Å². The van der Waals surface area contributed by atoms with Crippen molar-refractivity contribution in [1.82, 2.24) is 15.2 Å². The Labute approximate surface area is 113 Å². The molecular formula is C14H19N3O2. The first kappa shape index (κ1) is 14.9. The normalized spacial score (nSPS) is 9.74. The molecule has 5 nitrogen and oxygen atoms in total. The molecule has 1 aromatic rings. The number of pyridine rings is 1. The van der Waals surface area contributed by atoms with Crippen molar-refractivity contribution >= 4 is 11.8 Å². The van der Waals surface area contributed by atoms with Crippen LogP contribution >= 0.6 is 0 Å². The van der Waals surface area contributed by atoms with Crippen molar-refractivity contribution in [3.05, 3.63) is 42.7 Å². The number of carbonyl (C=O) groups excluding carboxylic acids is 2. The SMILES string of the molecule is C=CCNC(=O)CCN(Cc1ccncc1)C(C)=O. The number of hydrogen-bond acceptors (Lipinski definition) is 3. The molecule has 0 aliphatic carbocycles. The van der Waals surface area contributed by atoms with E-state index in [9.17, 15) is 9.59 Å². The van der Waals surface area contributed by atoms with Crippen LogP contribution in [0.5, 0.6) is 0 Å². The third-order valence-electron chi connectivity index (χ3n) is 2.62. The molecule has 0 bridgehead atoms. The summed E-state index contributed by atoms with van der Waals surface area (Å²) >= 11 is 0. The Kier molecular flexibility index (Phi) is 6.29. The van der Waals surface area contributed by atoms with Gasteiger partial charge in [0.05, 0.1) is 0 Å². The van der Waals surface area contributed by atoms with Crippen LogP contribution in [0.3, 0.4) is 0 Å². The highest BCUT2D eigenvalue weighted by Gasteiger charge is 2.11. The highest BCUT2D eigenvalue weighted by atomic mass is 16.2. The maximum Gasteiger partial charge on any atom is 0.222 e. The maximum absolute atomic E-state index is 11.5. The van der Waals surface area contributed by atoms with Crippen LogP contribution in [0.1, 0.15) is 18.9 Å². The fraction of sp³-hybridized carbons (Fsp3) is 0.357. The Hall–Kier alpha value is -2.17. The Morgan fingerprint density at radius 1 is 1.42 bits per heavy atom. The standard InChI is InChI=1S/C14H19N3O2/c1-3-7-16-14(19)6-10-17(12(2)18)11-13-4-8-15-9-5-13/h3-5,8-9H,1,6-7,10-11H2,2H3,(H,16,19). The van der Waals surface area contributed by atoms with E-state index < -0.39 is 0 Å². The summed E-state index contributed by atoms with van der Waals surface area (Å²) in [6, 6.07) is 3.71. The third kappa shape index (κ3) is 5.81. The van der Waals surface area contributed by atoms with E-state index in [1.54, 1.807) is 23.4 Å². The summed E-state index contributed by atoms with van der Waals surface area (Å²) in [5.41, 5.74) is 0.997. The second-order valence-corrected chi connectivity index (χ2v) is 4.14. The summed E-state index contributed by atoms with van der Waals surface area (Å²) < 4.78 is 0. The minimum absolute atomic E-state index is 0.0478. The average molecular weight is 261 g/mol. The monoisotopic (exact) mass is 261 g/mol. The summed E-state index contributed by atoms with van der Waals surface area (Å²) in [4.78, 5) is 28.6. The van der Waals surface area contributed by atoms with E-state index in [4.69, 9.17) is 0 Å². The Balaban J connectivity index is 2.47. The number of aromatic nitrogens is 1. The quantitative estimate of drug-likeness (QED) is 0.748. The van der Waals surface area contributed by atoms with Gasteiger partial charge >= 0.3 is 0 Å². The van der Waals surface area contributed by atoms with Gasteiger partial charge in [-0.25, -0.2) is 0 Å². The lowest BCUT2D eigenvalue weighted by Crippen LogP contribution is -2.33. The van der Waals surface area contributed by atoms with Gasteiger partial charge in [-0.3, -0.25) is 14.6 Å². The molecule has 2 amide bonds. The van der Waals surface area contributed by atoms with Crippen LogP contribution in [-0.4, -0.2) is 34.8 Å². The number of nitrogens with one attached hydrogen (secondary N) is 1. The molecule has 102 valence electrons. The molecule has 0 saturated carbocycles. The molecule has 19 heavy (non-hydrogen) atoms.